The summed E-state index contributed by atoms with van der Waals surface area (Å²) in [7, 11) is 3.39. The van der Waals surface area contributed by atoms with E-state index in [-0.39, 0.29) is 22.2 Å². The molecule has 40 heavy (non-hydrogen) atoms. The zero-order chi connectivity index (χ0) is 28.4. The number of nitrogens with one attached hydrogen (secondary N) is 5. The van der Waals surface area contributed by atoms with Crippen LogP contribution in [-0.2, 0) is 0 Å². The molecule has 3 aromatic carbocycles. The second kappa shape index (κ2) is 11.3. The minimum Gasteiger partial charge on any atom is -0.373 e. The molecule has 2 heterocycles. The maximum atomic E-state index is 14.8. The molecule has 0 unspecified atom stereocenters. The molecule has 0 aliphatic carbocycles. The monoisotopic (exact) mass is 576 g/mol. The summed E-state index contributed by atoms with van der Waals surface area (Å²) in [6.07, 6.45) is 3.14. The number of amides is 1. The summed E-state index contributed by atoms with van der Waals surface area (Å²) in [5.41, 5.74) is 12.5. The molecule has 5 N–H and O–H groups in total. The molecule has 1 aliphatic rings. The first-order chi connectivity index (χ1) is 19.3. The van der Waals surface area contributed by atoms with Crippen molar-refractivity contribution < 1.29 is 9.18 Å². The Morgan fingerprint density at radius 1 is 1.12 bits per heavy atom. The van der Waals surface area contributed by atoms with Crippen molar-refractivity contribution in [2.75, 3.05) is 24.7 Å². The van der Waals surface area contributed by atoms with Gasteiger partial charge in [-0.3, -0.25) is 9.78 Å². The van der Waals surface area contributed by atoms with E-state index in [0.29, 0.717) is 32.9 Å². The molecule has 1 aliphatic heterocycles. The van der Waals surface area contributed by atoms with E-state index in [1.807, 2.05) is 18.2 Å². The Balaban J connectivity index is 1.60. The molecule has 1 amide bonds. The molecule has 1 atom stereocenters. The fourth-order valence-electron chi connectivity index (χ4n) is 4.33. The van der Waals surface area contributed by atoms with E-state index in [2.05, 4.69) is 38.1 Å². The molecule has 1 aromatic heterocycles. The minimum atomic E-state index is -0.648. The summed E-state index contributed by atoms with van der Waals surface area (Å²) in [5.74, 6) is -0.775. The van der Waals surface area contributed by atoms with Crippen molar-refractivity contribution in [1.29, 1.82) is 5.26 Å². The Morgan fingerprint density at radius 2 is 1.93 bits per heavy atom. The number of benzene rings is 3. The average Bonchev–Trinajstić information content (AvgIpc) is 3.49. The van der Waals surface area contributed by atoms with Crippen LogP contribution in [0.4, 0.5) is 21.5 Å². The zero-order valence-electron chi connectivity index (χ0n) is 21.3. The topological polar surface area (TPSA) is 117 Å². The SMILES string of the molecule is CN(C)C(=O)c1cccc([C@H](Nc2cc(Cl)c3ncc(C#N)c(Nc4cccc(Cl)c4F)c3c2)C2=CNNN2)c1. The van der Waals surface area contributed by atoms with Crippen LogP contribution in [0.5, 0.6) is 0 Å². The average molecular weight is 577 g/mol. The van der Waals surface area contributed by atoms with Gasteiger partial charge in [-0.05, 0) is 42.0 Å². The second-order valence-corrected chi connectivity index (χ2v) is 9.95. The summed E-state index contributed by atoms with van der Waals surface area (Å²) in [6.45, 7) is 0. The smallest absolute Gasteiger partial charge is 0.253 e. The Hall–Kier alpha value is -4.56. The molecule has 4 aromatic rings. The quantitative estimate of drug-likeness (QED) is 0.193. The van der Waals surface area contributed by atoms with Gasteiger partial charge in [0.2, 0.25) is 0 Å². The third-order valence-electron chi connectivity index (χ3n) is 6.26. The summed E-state index contributed by atoms with van der Waals surface area (Å²) in [5, 5.41) is 17.0. The van der Waals surface area contributed by atoms with Gasteiger partial charge in [-0.25, -0.2) is 4.39 Å². The molecule has 0 radical (unpaired) electrons. The van der Waals surface area contributed by atoms with Crippen LogP contribution in [0.3, 0.4) is 0 Å². The number of carbonyl (C=O) groups excluding carboxylic acids is 1. The third-order valence-corrected chi connectivity index (χ3v) is 6.84. The number of carbonyl (C=O) groups is 1. The van der Waals surface area contributed by atoms with Gasteiger partial charge in [-0.15, -0.1) is 0 Å². The van der Waals surface area contributed by atoms with Gasteiger partial charge in [-0.1, -0.05) is 41.4 Å². The first kappa shape index (κ1) is 27.0. The van der Waals surface area contributed by atoms with Gasteiger partial charge in [0, 0.05) is 43.1 Å². The van der Waals surface area contributed by atoms with Crippen LogP contribution in [0.15, 0.2) is 72.7 Å². The normalized spacial score (nSPS) is 13.1. The van der Waals surface area contributed by atoms with Crippen molar-refractivity contribution in [2.24, 2.45) is 0 Å². The summed E-state index contributed by atoms with van der Waals surface area (Å²) in [4.78, 5) is 18.5. The van der Waals surface area contributed by atoms with E-state index in [9.17, 15) is 14.4 Å². The van der Waals surface area contributed by atoms with Crippen molar-refractivity contribution in [2.45, 2.75) is 6.04 Å². The zero-order valence-corrected chi connectivity index (χ0v) is 22.8. The maximum Gasteiger partial charge on any atom is 0.253 e. The number of nitriles is 1. The third kappa shape index (κ3) is 5.31. The molecular weight excluding hydrogens is 554 g/mol. The number of halogens is 3. The molecule has 202 valence electrons. The van der Waals surface area contributed by atoms with Crippen molar-refractivity contribution in [3.05, 3.63) is 105 Å². The van der Waals surface area contributed by atoms with Gasteiger partial charge < -0.3 is 26.4 Å². The fraction of sp³-hybridized carbons (Fsp3) is 0.107. The standard InChI is InChI=1S/C28H23Cl2FN8O/c1-39(2)28(40)16-6-3-5-15(9-16)26(23-14-34-38-37-23)35-18-10-19-25(36-22-8-4-7-20(29)24(22)31)17(12-32)13-33-27(19)21(30)11-18/h3-11,13-14,26,34-35,37-38H,1-2H3,(H,33,36)/t26-/m0/s1. The van der Waals surface area contributed by atoms with Gasteiger partial charge in [0.25, 0.3) is 5.91 Å². The van der Waals surface area contributed by atoms with E-state index >= 15 is 0 Å². The molecule has 12 heteroatoms. The van der Waals surface area contributed by atoms with Gasteiger partial charge in [0.05, 0.1) is 44.2 Å². The number of fused-ring (bicyclic) bond motifs is 1. The van der Waals surface area contributed by atoms with Crippen LogP contribution in [0.25, 0.3) is 10.9 Å². The Labute approximate surface area is 239 Å². The van der Waals surface area contributed by atoms with Crippen LogP contribution in [0, 0.1) is 17.1 Å². The highest BCUT2D eigenvalue weighted by atomic mass is 35.5. The lowest BCUT2D eigenvalue weighted by Gasteiger charge is -2.23. The van der Waals surface area contributed by atoms with Crippen molar-refractivity contribution in [1.82, 2.24) is 26.3 Å². The van der Waals surface area contributed by atoms with Crippen molar-refractivity contribution in [3.63, 3.8) is 0 Å². The molecule has 0 fully saturated rings. The van der Waals surface area contributed by atoms with E-state index < -0.39 is 11.9 Å². The van der Waals surface area contributed by atoms with Crippen LogP contribution < -0.4 is 27.0 Å². The van der Waals surface area contributed by atoms with E-state index in [0.717, 1.165) is 11.3 Å². The van der Waals surface area contributed by atoms with Gasteiger partial charge in [-0.2, -0.15) is 10.8 Å². The summed E-state index contributed by atoms with van der Waals surface area (Å²) in [6, 6.07) is 17.0. The minimum absolute atomic E-state index is 0.0559. The first-order valence-corrected chi connectivity index (χ1v) is 12.8. The van der Waals surface area contributed by atoms with Crippen LogP contribution in [0.1, 0.15) is 27.5 Å². The van der Waals surface area contributed by atoms with Crippen molar-refractivity contribution in [3.8, 4) is 6.07 Å². The lowest BCUT2D eigenvalue weighted by molar-refractivity contribution is 0.0827. The highest BCUT2D eigenvalue weighted by molar-refractivity contribution is 6.36. The number of aromatic nitrogens is 1. The molecule has 0 saturated carbocycles. The molecule has 0 bridgehead atoms. The number of hydrazine groups is 2. The van der Waals surface area contributed by atoms with E-state index in [1.165, 1.54) is 23.2 Å². The number of hydrogen-bond donors (Lipinski definition) is 5. The highest BCUT2D eigenvalue weighted by Gasteiger charge is 2.22. The number of pyridine rings is 1. The molecular formula is C28H23Cl2FN8O. The van der Waals surface area contributed by atoms with Gasteiger partial charge in [0.15, 0.2) is 5.82 Å². The first-order valence-electron chi connectivity index (χ1n) is 12.0. The Kier molecular flexibility index (Phi) is 7.62. The fourth-order valence-corrected chi connectivity index (χ4v) is 4.77. The maximum absolute atomic E-state index is 14.8. The highest BCUT2D eigenvalue weighted by Crippen LogP contribution is 2.37. The number of rotatable bonds is 7. The van der Waals surface area contributed by atoms with E-state index in [1.54, 1.807) is 44.6 Å². The number of hydrogen-bond acceptors (Lipinski definition) is 8. The summed E-state index contributed by atoms with van der Waals surface area (Å²) >= 11 is 12.6. The lowest BCUT2D eigenvalue weighted by Crippen LogP contribution is -2.34. The second-order valence-electron chi connectivity index (χ2n) is 9.14. The lowest BCUT2D eigenvalue weighted by atomic mass is 10.00. The Bertz CT molecular complexity index is 1700. The summed E-state index contributed by atoms with van der Waals surface area (Å²) < 4.78 is 14.8. The van der Waals surface area contributed by atoms with Gasteiger partial charge >= 0.3 is 0 Å². The predicted molar refractivity (Wildman–Crippen MR) is 154 cm³/mol. The number of nitrogens with zero attached hydrogens (tertiary/aromatic N) is 3. The molecule has 5 rings (SSSR count). The van der Waals surface area contributed by atoms with Crippen LogP contribution >= 0.6 is 23.2 Å². The van der Waals surface area contributed by atoms with Crippen molar-refractivity contribution >= 4 is 57.1 Å². The van der Waals surface area contributed by atoms with Gasteiger partial charge in [0.1, 0.15) is 6.07 Å². The van der Waals surface area contributed by atoms with Crippen LogP contribution in [-0.4, -0.2) is 29.9 Å². The molecule has 0 saturated heterocycles. The largest absolute Gasteiger partial charge is 0.373 e. The van der Waals surface area contributed by atoms with E-state index in [4.69, 9.17) is 23.2 Å². The number of anilines is 3. The Morgan fingerprint density at radius 3 is 2.65 bits per heavy atom. The molecule has 9 nitrogen and oxygen atoms in total. The molecule has 0 spiro atoms. The van der Waals surface area contributed by atoms with Crippen LogP contribution in [0.2, 0.25) is 10.0 Å². The predicted octanol–water partition coefficient (Wildman–Crippen LogP) is 5.60.